The highest BCUT2D eigenvalue weighted by atomic mass is 16.7. The molecule has 0 aromatic carbocycles. The van der Waals surface area contributed by atoms with Crippen molar-refractivity contribution in [1.82, 2.24) is 0 Å². The Hall–Kier alpha value is -1.69. The molecule has 0 aromatic heterocycles. The topological polar surface area (TPSA) is 65.0 Å². The second kappa shape index (κ2) is 10.1. The molecule has 3 rings (SSSR count). The van der Waals surface area contributed by atoms with Gasteiger partial charge in [0, 0.05) is 25.9 Å². The number of hydrogen-bond acceptors (Lipinski definition) is 5. The first kappa shape index (κ1) is 24.9. The molecule has 178 valence electrons. The minimum Gasteiger partial charge on any atom is -0.428 e. The van der Waals surface area contributed by atoms with Crippen molar-refractivity contribution in [2.75, 3.05) is 14.2 Å². The van der Waals surface area contributed by atoms with E-state index in [1.807, 2.05) is 12.2 Å². The van der Waals surface area contributed by atoms with E-state index in [-0.39, 0.29) is 5.41 Å². The maximum Gasteiger partial charge on any atom is 0.333 e. The average molecular weight is 445 g/mol. The van der Waals surface area contributed by atoms with Crippen molar-refractivity contribution in [2.45, 2.75) is 85.2 Å². The number of allylic oxidation sites excluding steroid dienone is 4. The predicted molar refractivity (Wildman–Crippen MR) is 126 cm³/mol. The summed E-state index contributed by atoms with van der Waals surface area (Å²) in [5, 5.41) is 9.77. The molecule has 3 aliphatic rings. The van der Waals surface area contributed by atoms with Crippen molar-refractivity contribution in [1.29, 1.82) is 0 Å². The van der Waals surface area contributed by atoms with Crippen molar-refractivity contribution in [3.05, 3.63) is 46.6 Å². The van der Waals surface area contributed by atoms with E-state index in [9.17, 15) is 9.90 Å². The molecule has 0 amide bonds. The molecule has 0 spiro atoms. The molecule has 5 heteroatoms. The highest BCUT2D eigenvalue weighted by molar-refractivity contribution is 5.86. The molecule has 0 saturated heterocycles. The number of rotatable bonds is 8. The third-order valence-electron chi connectivity index (χ3n) is 8.03. The summed E-state index contributed by atoms with van der Waals surface area (Å²) in [5.74, 6) is 0.203. The number of methoxy groups -OCH3 is 2. The molecular formula is C27H40O5. The third kappa shape index (κ3) is 5.11. The minimum absolute atomic E-state index is 0.261. The lowest BCUT2D eigenvalue weighted by molar-refractivity contribution is -0.150. The normalized spacial score (nSPS) is 30.7. The number of fused-ring (bicyclic) bond motifs is 1. The van der Waals surface area contributed by atoms with Crippen LogP contribution in [0.3, 0.4) is 0 Å². The highest BCUT2D eigenvalue weighted by Crippen LogP contribution is 2.60. The fourth-order valence-electron chi connectivity index (χ4n) is 6.47. The van der Waals surface area contributed by atoms with Gasteiger partial charge in [-0.05, 0) is 67.8 Å². The zero-order valence-corrected chi connectivity index (χ0v) is 20.6. The van der Waals surface area contributed by atoms with Crippen molar-refractivity contribution in [3.8, 4) is 0 Å². The van der Waals surface area contributed by atoms with Crippen LogP contribution in [0.1, 0.15) is 72.6 Å². The van der Waals surface area contributed by atoms with Crippen molar-refractivity contribution in [2.24, 2.45) is 16.7 Å². The van der Waals surface area contributed by atoms with E-state index in [1.165, 1.54) is 38.2 Å². The first-order chi connectivity index (χ1) is 15.1. The number of carbonyl (C=O) groups is 1. The number of ether oxygens (including phenoxy) is 3. The Morgan fingerprint density at radius 1 is 1.28 bits per heavy atom. The molecule has 1 N–H and O–H groups in total. The highest BCUT2D eigenvalue weighted by Gasteiger charge is 2.49. The fraction of sp³-hybridized carbons (Fsp3) is 0.667. The van der Waals surface area contributed by atoms with Gasteiger partial charge in [-0.2, -0.15) is 0 Å². The Morgan fingerprint density at radius 3 is 2.62 bits per heavy atom. The number of cyclic esters (lactones) is 1. The molecule has 1 saturated carbocycles. The molecule has 32 heavy (non-hydrogen) atoms. The molecule has 0 radical (unpaired) electrons. The standard InChI is InChI=1S/C27H40O5/c1-18-11-14-22-26(2,3)15-8-16-27(22,4)21(18)13-12-19(25(30-5)31-6)9-7-10-20-17-23(28)32-24(20)29/h7,9-10,17,22,24-25,29H,8,11-16H2,1-6H3/b10-7+,19-9+/t22-,24-,27-/m1/s1. The zero-order valence-electron chi connectivity index (χ0n) is 20.6. The van der Waals surface area contributed by atoms with Gasteiger partial charge in [-0.3, -0.25) is 0 Å². The second-order valence-electron chi connectivity index (χ2n) is 10.4. The van der Waals surface area contributed by atoms with Crippen LogP contribution in [0.4, 0.5) is 0 Å². The quantitative estimate of drug-likeness (QED) is 0.228. The number of aliphatic hydroxyl groups is 1. The fourth-order valence-corrected chi connectivity index (χ4v) is 6.47. The van der Waals surface area contributed by atoms with Crippen LogP contribution in [-0.4, -0.2) is 37.9 Å². The Bertz CT molecular complexity index is 827. The van der Waals surface area contributed by atoms with Crippen LogP contribution >= 0.6 is 0 Å². The monoisotopic (exact) mass is 444 g/mol. The van der Waals surface area contributed by atoms with Crippen LogP contribution in [0.25, 0.3) is 0 Å². The van der Waals surface area contributed by atoms with Gasteiger partial charge >= 0.3 is 5.97 Å². The summed E-state index contributed by atoms with van der Waals surface area (Å²) < 4.78 is 15.9. The maximum atomic E-state index is 11.3. The third-order valence-corrected chi connectivity index (χ3v) is 8.03. The molecular weight excluding hydrogens is 404 g/mol. The number of aliphatic hydroxyl groups excluding tert-OH is 1. The van der Waals surface area contributed by atoms with Crippen molar-refractivity contribution in [3.63, 3.8) is 0 Å². The van der Waals surface area contributed by atoms with Crippen LogP contribution in [0.15, 0.2) is 46.6 Å². The van der Waals surface area contributed by atoms with Gasteiger partial charge in [-0.1, -0.05) is 56.6 Å². The van der Waals surface area contributed by atoms with E-state index in [1.54, 1.807) is 31.4 Å². The van der Waals surface area contributed by atoms with E-state index in [2.05, 4.69) is 27.7 Å². The van der Waals surface area contributed by atoms with E-state index in [0.717, 1.165) is 24.3 Å². The molecule has 1 fully saturated rings. The van der Waals surface area contributed by atoms with E-state index < -0.39 is 18.5 Å². The molecule has 1 aliphatic heterocycles. The van der Waals surface area contributed by atoms with Crippen molar-refractivity contribution < 1.29 is 24.1 Å². The van der Waals surface area contributed by atoms with E-state index in [0.29, 0.717) is 11.0 Å². The Kier molecular flexibility index (Phi) is 7.85. The lowest BCUT2D eigenvalue weighted by Crippen LogP contribution is -2.45. The number of carbonyl (C=O) groups excluding carboxylic acids is 1. The molecule has 2 aliphatic carbocycles. The minimum atomic E-state index is -1.20. The molecule has 0 unspecified atom stereocenters. The number of hydrogen-bond donors (Lipinski definition) is 1. The molecule has 0 bridgehead atoms. The van der Waals surface area contributed by atoms with Gasteiger partial charge < -0.3 is 19.3 Å². The van der Waals surface area contributed by atoms with E-state index >= 15 is 0 Å². The summed E-state index contributed by atoms with van der Waals surface area (Å²) in [4.78, 5) is 11.3. The maximum absolute atomic E-state index is 11.3. The number of esters is 1. The summed E-state index contributed by atoms with van der Waals surface area (Å²) in [6.07, 6.45) is 13.4. The zero-order chi connectivity index (χ0) is 23.5. The first-order valence-corrected chi connectivity index (χ1v) is 11.8. The van der Waals surface area contributed by atoms with Crippen LogP contribution in [-0.2, 0) is 19.0 Å². The molecule has 1 heterocycles. The first-order valence-electron chi connectivity index (χ1n) is 11.8. The van der Waals surface area contributed by atoms with Gasteiger partial charge in [0.05, 0.1) is 0 Å². The van der Waals surface area contributed by atoms with Gasteiger partial charge in [0.1, 0.15) is 0 Å². The summed E-state index contributed by atoms with van der Waals surface area (Å²) >= 11 is 0. The molecule has 5 nitrogen and oxygen atoms in total. The Balaban J connectivity index is 1.81. The average Bonchev–Trinajstić information content (AvgIpc) is 3.04. The van der Waals surface area contributed by atoms with Crippen molar-refractivity contribution >= 4 is 5.97 Å². The van der Waals surface area contributed by atoms with Gasteiger partial charge in [-0.15, -0.1) is 0 Å². The van der Waals surface area contributed by atoms with Crippen LogP contribution in [0.2, 0.25) is 0 Å². The van der Waals surface area contributed by atoms with Gasteiger partial charge in [-0.25, -0.2) is 4.79 Å². The largest absolute Gasteiger partial charge is 0.428 e. The van der Waals surface area contributed by atoms with Crippen LogP contribution < -0.4 is 0 Å². The van der Waals surface area contributed by atoms with Crippen LogP contribution in [0.5, 0.6) is 0 Å². The van der Waals surface area contributed by atoms with E-state index in [4.69, 9.17) is 14.2 Å². The van der Waals surface area contributed by atoms with Crippen LogP contribution in [0, 0.1) is 16.7 Å². The summed E-state index contributed by atoms with van der Waals surface area (Å²) in [7, 11) is 3.29. The van der Waals surface area contributed by atoms with Gasteiger partial charge in [0.2, 0.25) is 6.29 Å². The summed E-state index contributed by atoms with van der Waals surface area (Å²) in [5.41, 5.74) is 5.30. The molecule has 0 aromatic rings. The summed E-state index contributed by atoms with van der Waals surface area (Å²) in [6, 6.07) is 0. The van der Waals surface area contributed by atoms with Gasteiger partial charge in [0.15, 0.2) is 6.29 Å². The summed E-state index contributed by atoms with van der Waals surface area (Å²) in [6.45, 7) is 9.72. The Morgan fingerprint density at radius 2 is 2.00 bits per heavy atom. The lowest BCUT2D eigenvalue weighted by atomic mass is 9.50. The molecule has 3 atom stereocenters. The Labute approximate surface area is 193 Å². The SMILES string of the molecule is COC(OC)/C(=C/C=C/C1=CC(=O)O[C@H]1O)CCC1=C(C)CC[C@@H]2C(C)(C)CCC[C@]12C. The lowest BCUT2D eigenvalue weighted by Gasteiger charge is -2.55. The predicted octanol–water partition coefficient (Wildman–Crippen LogP) is 5.61. The second-order valence-corrected chi connectivity index (χ2v) is 10.4. The smallest absolute Gasteiger partial charge is 0.333 e. The van der Waals surface area contributed by atoms with Gasteiger partial charge in [0.25, 0.3) is 0 Å².